The van der Waals surface area contributed by atoms with E-state index in [1.165, 1.54) is 0 Å². The molecular formula is C19H25N3O3. The summed E-state index contributed by atoms with van der Waals surface area (Å²) < 4.78 is 10.9. The van der Waals surface area contributed by atoms with E-state index in [1.54, 1.807) is 0 Å². The number of amides is 1. The summed E-state index contributed by atoms with van der Waals surface area (Å²) in [6.07, 6.45) is 3.02. The van der Waals surface area contributed by atoms with E-state index < -0.39 is 0 Å². The minimum absolute atomic E-state index is 0.0991. The van der Waals surface area contributed by atoms with Crippen molar-refractivity contribution >= 4 is 5.91 Å². The molecule has 2 N–H and O–H groups in total. The van der Waals surface area contributed by atoms with Crippen LogP contribution in [0.15, 0.2) is 28.8 Å². The van der Waals surface area contributed by atoms with Gasteiger partial charge in [-0.25, -0.2) is 0 Å². The Hall–Kier alpha value is -2.34. The van der Waals surface area contributed by atoms with E-state index in [-0.39, 0.29) is 11.9 Å². The Balaban J connectivity index is 1.51. The lowest BCUT2D eigenvalue weighted by atomic mass is 10.1. The molecule has 1 aliphatic rings. The molecule has 0 aliphatic carbocycles. The first-order valence-corrected chi connectivity index (χ1v) is 8.78. The van der Waals surface area contributed by atoms with Gasteiger partial charge in [0.25, 0.3) is 0 Å². The van der Waals surface area contributed by atoms with Crippen LogP contribution in [0.4, 0.5) is 0 Å². The molecule has 6 nitrogen and oxygen atoms in total. The zero-order valence-corrected chi connectivity index (χ0v) is 14.8. The SMILES string of the molecule is Cc1noc(C)c1COc1ccc(CN[C@@H]2CCCCNC2=O)cc1. The van der Waals surface area contributed by atoms with Crippen LogP contribution < -0.4 is 15.4 Å². The molecule has 25 heavy (non-hydrogen) atoms. The molecule has 2 heterocycles. The van der Waals surface area contributed by atoms with Crippen molar-refractivity contribution in [1.82, 2.24) is 15.8 Å². The van der Waals surface area contributed by atoms with Crippen molar-refractivity contribution in [3.8, 4) is 5.75 Å². The summed E-state index contributed by atoms with van der Waals surface area (Å²) in [7, 11) is 0. The molecule has 2 aromatic rings. The van der Waals surface area contributed by atoms with Crippen molar-refractivity contribution in [3.05, 3.63) is 46.8 Å². The standard InChI is InChI=1S/C19H25N3O3/c1-13-17(14(2)25-22-13)12-24-16-8-6-15(7-9-16)11-21-18-5-3-4-10-20-19(18)23/h6-9,18,21H,3-5,10-12H2,1-2H3,(H,20,23)/t18-/m1/s1. The summed E-state index contributed by atoms with van der Waals surface area (Å²) in [4.78, 5) is 11.9. The fourth-order valence-electron chi connectivity index (χ4n) is 2.94. The van der Waals surface area contributed by atoms with Gasteiger partial charge in [0.15, 0.2) is 0 Å². The van der Waals surface area contributed by atoms with Crippen LogP contribution in [-0.2, 0) is 17.9 Å². The Kier molecular flexibility index (Phi) is 5.71. The lowest BCUT2D eigenvalue weighted by Crippen LogP contribution is -2.42. The van der Waals surface area contributed by atoms with Crippen molar-refractivity contribution in [3.63, 3.8) is 0 Å². The zero-order valence-electron chi connectivity index (χ0n) is 14.8. The van der Waals surface area contributed by atoms with Crippen molar-refractivity contribution < 1.29 is 14.1 Å². The molecule has 0 radical (unpaired) electrons. The number of aryl methyl sites for hydroxylation is 2. The number of aromatic nitrogens is 1. The second-order valence-electron chi connectivity index (χ2n) is 6.46. The highest BCUT2D eigenvalue weighted by atomic mass is 16.5. The fourth-order valence-corrected chi connectivity index (χ4v) is 2.94. The summed E-state index contributed by atoms with van der Waals surface area (Å²) in [5.41, 5.74) is 2.98. The molecule has 1 saturated heterocycles. The van der Waals surface area contributed by atoms with Crippen LogP contribution in [0.1, 0.15) is 41.8 Å². The number of nitrogens with one attached hydrogen (secondary N) is 2. The summed E-state index contributed by atoms with van der Waals surface area (Å²) in [5.74, 6) is 1.70. The van der Waals surface area contributed by atoms with Crippen molar-refractivity contribution in [2.75, 3.05) is 6.54 Å². The largest absolute Gasteiger partial charge is 0.489 e. The number of ether oxygens (including phenoxy) is 1. The van der Waals surface area contributed by atoms with Gasteiger partial charge in [0.05, 0.1) is 17.3 Å². The van der Waals surface area contributed by atoms with Gasteiger partial charge in [0, 0.05) is 13.1 Å². The van der Waals surface area contributed by atoms with Crippen molar-refractivity contribution in [2.45, 2.75) is 52.3 Å². The maximum atomic E-state index is 11.9. The molecule has 3 rings (SSSR count). The highest BCUT2D eigenvalue weighted by Crippen LogP contribution is 2.18. The molecule has 0 saturated carbocycles. The predicted octanol–water partition coefficient (Wildman–Crippen LogP) is 2.63. The Morgan fingerprint density at radius 2 is 2.08 bits per heavy atom. The quantitative estimate of drug-likeness (QED) is 0.843. The van der Waals surface area contributed by atoms with E-state index in [1.807, 2.05) is 38.1 Å². The lowest BCUT2D eigenvalue weighted by molar-refractivity contribution is -0.122. The van der Waals surface area contributed by atoms with Crippen LogP contribution in [0, 0.1) is 13.8 Å². The van der Waals surface area contributed by atoms with Crippen molar-refractivity contribution in [1.29, 1.82) is 0 Å². The molecule has 1 aromatic heterocycles. The number of nitrogens with zero attached hydrogens (tertiary/aromatic N) is 1. The Morgan fingerprint density at radius 1 is 1.28 bits per heavy atom. The van der Waals surface area contributed by atoms with Crippen molar-refractivity contribution in [2.24, 2.45) is 0 Å². The Labute approximate surface area is 147 Å². The summed E-state index contributed by atoms with van der Waals surface area (Å²) in [5, 5.41) is 10.2. The third-order valence-electron chi connectivity index (χ3n) is 4.58. The van der Waals surface area contributed by atoms with Gasteiger partial charge in [-0.1, -0.05) is 17.3 Å². The Morgan fingerprint density at radius 3 is 2.80 bits per heavy atom. The van der Waals surface area contributed by atoms with E-state index in [0.29, 0.717) is 13.2 Å². The predicted molar refractivity (Wildman–Crippen MR) is 94.2 cm³/mol. The van der Waals surface area contributed by atoms with Gasteiger partial charge in [-0.05, 0) is 50.8 Å². The minimum Gasteiger partial charge on any atom is -0.489 e. The monoisotopic (exact) mass is 343 g/mol. The normalized spacial score (nSPS) is 17.8. The molecule has 134 valence electrons. The average Bonchev–Trinajstić information content (AvgIpc) is 2.80. The zero-order chi connectivity index (χ0) is 17.6. The topological polar surface area (TPSA) is 76.4 Å². The second-order valence-corrected chi connectivity index (χ2v) is 6.46. The number of rotatable bonds is 6. The van der Waals surface area contributed by atoms with Gasteiger partial charge < -0.3 is 19.9 Å². The van der Waals surface area contributed by atoms with E-state index in [9.17, 15) is 4.79 Å². The number of carbonyl (C=O) groups is 1. The van der Waals surface area contributed by atoms with Gasteiger partial charge in [-0.3, -0.25) is 4.79 Å². The van der Waals surface area contributed by atoms with Crippen LogP contribution in [0.3, 0.4) is 0 Å². The van der Waals surface area contributed by atoms with E-state index in [2.05, 4.69) is 15.8 Å². The summed E-state index contributed by atoms with van der Waals surface area (Å²) in [6.45, 7) is 5.70. The van der Waals surface area contributed by atoms with E-state index in [0.717, 1.165) is 54.1 Å². The average molecular weight is 343 g/mol. The van der Waals surface area contributed by atoms with Gasteiger partial charge in [-0.15, -0.1) is 0 Å². The fraction of sp³-hybridized carbons (Fsp3) is 0.474. The third-order valence-corrected chi connectivity index (χ3v) is 4.58. The highest BCUT2D eigenvalue weighted by Gasteiger charge is 2.19. The first-order valence-electron chi connectivity index (χ1n) is 8.78. The van der Waals surface area contributed by atoms with Crippen LogP contribution in [0.25, 0.3) is 0 Å². The molecule has 0 spiro atoms. The lowest BCUT2D eigenvalue weighted by Gasteiger charge is -2.15. The molecule has 1 amide bonds. The maximum absolute atomic E-state index is 11.9. The van der Waals surface area contributed by atoms with Crippen LogP contribution >= 0.6 is 0 Å². The number of carbonyl (C=O) groups excluding carboxylic acids is 1. The van der Waals surface area contributed by atoms with E-state index >= 15 is 0 Å². The molecule has 1 atom stereocenters. The van der Waals surface area contributed by atoms with Gasteiger partial charge in [-0.2, -0.15) is 0 Å². The molecular weight excluding hydrogens is 318 g/mol. The molecule has 6 heteroatoms. The maximum Gasteiger partial charge on any atom is 0.237 e. The first kappa shape index (κ1) is 17.5. The number of hydrogen-bond acceptors (Lipinski definition) is 5. The summed E-state index contributed by atoms with van der Waals surface area (Å²) in [6, 6.07) is 7.83. The molecule has 1 aliphatic heterocycles. The van der Waals surface area contributed by atoms with Gasteiger partial charge >= 0.3 is 0 Å². The number of benzene rings is 1. The first-order chi connectivity index (χ1) is 12.1. The third kappa shape index (κ3) is 4.60. The number of hydrogen-bond donors (Lipinski definition) is 2. The van der Waals surface area contributed by atoms with Gasteiger partial charge in [0.2, 0.25) is 5.91 Å². The molecule has 1 fully saturated rings. The van der Waals surface area contributed by atoms with Crippen LogP contribution in [0.2, 0.25) is 0 Å². The van der Waals surface area contributed by atoms with Crippen LogP contribution in [-0.4, -0.2) is 23.7 Å². The Bertz CT molecular complexity index is 690. The molecule has 0 unspecified atom stereocenters. The molecule has 0 bridgehead atoms. The molecule has 1 aromatic carbocycles. The summed E-state index contributed by atoms with van der Waals surface area (Å²) >= 11 is 0. The minimum atomic E-state index is -0.0991. The smallest absolute Gasteiger partial charge is 0.237 e. The highest BCUT2D eigenvalue weighted by molar-refractivity contribution is 5.81. The van der Waals surface area contributed by atoms with Gasteiger partial charge in [0.1, 0.15) is 18.1 Å². The van der Waals surface area contributed by atoms with E-state index in [4.69, 9.17) is 9.26 Å². The second kappa shape index (κ2) is 8.16. The van der Waals surface area contributed by atoms with Crippen LogP contribution in [0.5, 0.6) is 5.75 Å².